The molecule has 2 aromatic rings. The van der Waals surface area contributed by atoms with Crippen molar-refractivity contribution in [3.63, 3.8) is 0 Å². The molecule has 92 valence electrons. The predicted molar refractivity (Wildman–Crippen MR) is 73.4 cm³/mol. The van der Waals surface area contributed by atoms with Crippen LogP contribution in [-0.4, -0.2) is 20.7 Å². The van der Waals surface area contributed by atoms with Crippen LogP contribution in [0.4, 0.5) is 0 Å². The number of carbonyl (C=O) groups excluding carboxylic acids is 1. The van der Waals surface area contributed by atoms with E-state index in [0.717, 1.165) is 16.9 Å². The van der Waals surface area contributed by atoms with Crippen molar-refractivity contribution in [1.29, 1.82) is 0 Å². The molecule has 3 heteroatoms. The molecule has 0 fully saturated rings. The van der Waals surface area contributed by atoms with E-state index in [4.69, 9.17) is 4.74 Å². The van der Waals surface area contributed by atoms with E-state index in [2.05, 4.69) is 0 Å². The van der Waals surface area contributed by atoms with Gasteiger partial charge in [-0.25, -0.2) is 0 Å². The molecule has 0 aliphatic heterocycles. The van der Waals surface area contributed by atoms with E-state index in [9.17, 15) is 4.79 Å². The van der Waals surface area contributed by atoms with Gasteiger partial charge in [-0.1, -0.05) is 0 Å². The zero-order valence-corrected chi connectivity index (χ0v) is 12.0. The first-order chi connectivity index (χ1) is 8.66. The average molecular weight is 305 g/mol. The maximum absolute atomic E-state index is 11.4. The van der Waals surface area contributed by atoms with Gasteiger partial charge in [0, 0.05) is 0 Å². The molecule has 0 aliphatic rings. The van der Waals surface area contributed by atoms with Gasteiger partial charge in [-0.3, -0.25) is 0 Å². The number of ether oxygens (including phenoxy) is 1. The Morgan fingerprint density at radius 1 is 1.17 bits per heavy atom. The monoisotopic (exact) mass is 306 g/mol. The molecule has 2 nitrogen and oxygen atoms in total. The molecule has 2 aromatic carbocycles. The summed E-state index contributed by atoms with van der Waals surface area (Å²) in [6.45, 7) is 2.43. The standard InChI is InChI=1S/C15H14O2Se/c1-11-7-8-13(9-14(11)15(16)18)17-10-12-5-3-2-4-6-12/h2-9H,10H2,1H3,(H,16,18). The third-order valence-corrected chi connectivity index (χ3v) is 3.19. The summed E-state index contributed by atoms with van der Waals surface area (Å²) in [6, 6.07) is 15.5. The van der Waals surface area contributed by atoms with Crippen LogP contribution in [0.5, 0.6) is 5.75 Å². The Balaban J connectivity index is 2.11. The van der Waals surface area contributed by atoms with E-state index < -0.39 is 0 Å². The van der Waals surface area contributed by atoms with Gasteiger partial charge in [0.25, 0.3) is 0 Å². The van der Waals surface area contributed by atoms with Gasteiger partial charge in [0.05, 0.1) is 0 Å². The molecule has 0 radical (unpaired) electrons. The summed E-state index contributed by atoms with van der Waals surface area (Å²) in [5.74, 6) is 0.721. The van der Waals surface area contributed by atoms with E-state index in [1.54, 1.807) is 6.07 Å². The molecule has 18 heavy (non-hydrogen) atoms. The zero-order chi connectivity index (χ0) is 13.0. The van der Waals surface area contributed by atoms with E-state index in [1.165, 1.54) is 0 Å². The molecule has 0 unspecified atom stereocenters. The first kappa shape index (κ1) is 12.9. The minimum absolute atomic E-state index is 0.00478. The third-order valence-electron chi connectivity index (χ3n) is 2.69. The van der Waals surface area contributed by atoms with Crippen molar-refractivity contribution in [1.82, 2.24) is 0 Å². The zero-order valence-electron chi connectivity index (χ0n) is 10.1. The van der Waals surface area contributed by atoms with E-state index >= 15 is 0 Å². The SMILES string of the molecule is Cc1ccc(OCc2ccccc2)cc1C(=O)[SeH]. The Bertz CT molecular complexity index is 550. The minimum atomic E-state index is 0.00478. The summed E-state index contributed by atoms with van der Waals surface area (Å²) in [6.07, 6.45) is 0. The first-order valence-electron chi connectivity index (χ1n) is 5.67. The first-order valence-corrected chi connectivity index (χ1v) is 6.61. The van der Waals surface area contributed by atoms with Gasteiger partial charge in [0.2, 0.25) is 0 Å². The number of hydrogen-bond donors (Lipinski definition) is 0. The summed E-state index contributed by atoms with van der Waals surface area (Å²) in [5, 5.41) is 0. The van der Waals surface area contributed by atoms with Crippen LogP contribution in [0.15, 0.2) is 48.5 Å². The van der Waals surface area contributed by atoms with Crippen molar-refractivity contribution in [3.05, 3.63) is 65.2 Å². The molecule has 0 atom stereocenters. The topological polar surface area (TPSA) is 26.3 Å². The molecule has 0 saturated heterocycles. The Hall–Kier alpha value is -1.57. The summed E-state index contributed by atoms with van der Waals surface area (Å²) in [5.41, 5.74) is 2.77. The van der Waals surface area contributed by atoms with Crippen molar-refractivity contribution in [2.75, 3.05) is 0 Å². The van der Waals surface area contributed by atoms with Gasteiger partial charge < -0.3 is 0 Å². The fraction of sp³-hybridized carbons (Fsp3) is 0.133. The van der Waals surface area contributed by atoms with Gasteiger partial charge in [-0.15, -0.1) is 0 Å². The van der Waals surface area contributed by atoms with Crippen LogP contribution in [0.25, 0.3) is 0 Å². The van der Waals surface area contributed by atoms with Crippen molar-refractivity contribution in [2.24, 2.45) is 0 Å². The molecule has 0 bridgehead atoms. The van der Waals surface area contributed by atoms with Crippen LogP contribution in [0.1, 0.15) is 21.5 Å². The molecule has 0 spiro atoms. The van der Waals surface area contributed by atoms with Crippen molar-refractivity contribution in [2.45, 2.75) is 13.5 Å². The molecule has 0 aliphatic carbocycles. The summed E-state index contributed by atoms with van der Waals surface area (Å²) >= 11 is 2.04. The van der Waals surface area contributed by atoms with Gasteiger partial charge in [-0.05, 0) is 0 Å². The molecular weight excluding hydrogens is 291 g/mol. The van der Waals surface area contributed by atoms with Crippen LogP contribution in [-0.2, 0) is 6.61 Å². The van der Waals surface area contributed by atoms with E-state index in [0.29, 0.717) is 12.2 Å². The number of carbonyl (C=O) groups is 1. The van der Waals surface area contributed by atoms with Gasteiger partial charge >= 0.3 is 115 Å². The van der Waals surface area contributed by atoms with Crippen LogP contribution < -0.4 is 4.74 Å². The molecule has 0 saturated carbocycles. The number of aryl methyl sites for hydroxylation is 1. The normalized spacial score (nSPS) is 10.1. The molecular formula is C15H14O2Se. The molecule has 0 N–H and O–H groups in total. The van der Waals surface area contributed by atoms with Crippen molar-refractivity contribution >= 4 is 20.7 Å². The quantitative estimate of drug-likeness (QED) is 0.812. The molecule has 0 amide bonds. The van der Waals surface area contributed by atoms with Gasteiger partial charge in [0.1, 0.15) is 0 Å². The summed E-state index contributed by atoms with van der Waals surface area (Å²) in [7, 11) is 0. The molecule has 0 heterocycles. The number of benzene rings is 2. The fourth-order valence-electron chi connectivity index (χ4n) is 1.66. The average Bonchev–Trinajstić information content (AvgIpc) is 2.38. The van der Waals surface area contributed by atoms with Crippen LogP contribution in [0.3, 0.4) is 0 Å². The van der Waals surface area contributed by atoms with Gasteiger partial charge in [0.15, 0.2) is 0 Å². The van der Waals surface area contributed by atoms with Crippen LogP contribution in [0.2, 0.25) is 0 Å². The Kier molecular flexibility index (Phi) is 4.19. The second-order valence-corrected chi connectivity index (χ2v) is 4.91. The Labute approximate surface area is 115 Å². The van der Waals surface area contributed by atoms with E-state index in [1.807, 2.05) is 65.4 Å². The second kappa shape index (κ2) is 5.85. The molecule has 2 rings (SSSR count). The van der Waals surface area contributed by atoms with Crippen molar-refractivity contribution in [3.8, 4) is 5.75 Å². The predicted octanol–water partition coefficient (Wildman–Crippen LogP) is 2.62. The Morgan fingerprint density at radius 3 is 2.56 bits per heavy atom. The second-order valence-electron chi connectivity index (χ2n) is 4.06. The van der Waals surface area contributed by atoms with Crippen molar-refractivity contribution < 1.29 is 9.53 Å². The number of rotatable bonds is 4. The maximum atomic E-state index is 11.4. The summed E-state index contributed by atoms with van der Waals surface area (Å²) in [4.78, 5) is 11.4. The fourth-order valence-corrected chi connectivity index (χ4v) is 2.17. The van der Waals surface area contributed by atoms with E-state index in [-0.39, 0.29) is 4.68 Å². The Morgan fingerprint density at radius 2 is 1.89 bits per heavy atom. The number of hydrogen-bond acceptors (Lipinski definition) is 2. The summed E-state index contributed by atoms with van der Waals surface area (Å²) < 4.78 is 5.68. The molecule has 0 aromatic heterocycles. The van der Waals surface area contributed by atoms with Gasteiger partial charge in [-0.2, -0.15) is 0 Å². The third kappa shape index (κ3) is 3.22. The van der Waals surface area contributed by atoms with Crippen LogP contribution >= 0.6 is 0 Å². The van der Waals surface area contributed by atoms with Crippen LogP contribution in [0, 0.1) is 6.92 Å².